The van der Waals surface area contributed by atoms with Crippen molar-refractivity contribution in [3.63, 3.8) is 0 Å². The summed E-state index contributed by atoms with van der Waals surface area (Å²) in [7, 11) is 0. The van der Waals surface area contributed by atoms with Crippen LogP contribution in [-0.2, 0) is 6.61 Å². The van der Waals surface area contributed by atoms with E-state index in [9.17, 15) is 4.79 Å². The Morgan fingerprint density at radius 2 is 2.05 bits per heavy atom. The van der Waals surface area contributed by atoms with E-state index in [1.807, 2.05) is 0 Å². The quantitative estimate of drug-likeness (QED) is 0.891. The van der Waals surface area contributed by atoms with E-state index < -0.39 is 0 Å². The second kappa shape index (κ2) is 6.19. The molecule has 98 valence electrons. The first-order chi connectivity index (χ1) is 9.10. The number of aliphatic hydroxyl groups is 1. The van der Waals surface area contributed by atoms with Crippen LogP contribution >= 0.6 is 27.5 Å². The first-order valence-electron chi connectivity index (χ1n) is 5.56. The number of carbonyl (C=O) groups excluding carboxylic acids is 1. The molecule has 2 N–H and O–H groups in total. The van der Waals surface area contributed by atoms with Gasteiger partial charge in [0.2, 0.25) is 0 Å². The Labute approximate surface area is 124 Å². The number of hydrogen-bond donors (Lipinski definition) is 2. The zero-order valence-corrected chi connectivity index (χ0v) is 12.2. The van der Waals surface area contributed by atoms with E-state index in [-0.39, 0.29) is 12.5 Å². The molecule has 0 aliphatic rings. The summed E-state index contributed by atoms with van der Waals surface area (Å²) in [5.74, 6) is -0.285. The van der Waals surface area contributed by atoms with Crippen molar-refractivity contribution in [2.75, 3.05) is 5.32 Å². The molecule has 2 aromatic rings. The van der Waals surface area contributed by atoms with E-state index in [0.717, 1.165) is 10.0 Å². The molecule has 0 aliphatic carbocycles. The van der Waals surface area contributed by atoms with Crippen LogP contribution in [0.25, 0.3) is 0 Å². The van der Waals surface area contributed by atoms with Crippen LogP contribution in [0, 0.1) is 0 Å². The van der Waals surface area contributed by atoms with E-state index in [4.69, 9.17) is 16.7 Å². The molecule has 0 aliphatic heterocycles. The fraction of sp³-hybridized carbons (Fsp3) is 0.0714. The molecule has 0 atom stereocenters. The number of benzene rings is 2. The lowest BCUT2D eigenvalue weighted by atomic mass is 10.2. The SMILES string of the molecule is O=C(Nc1cccc(CO)c1)c1ccc(Br)cc1Cl. The van der Waals surface area contributed by atoms with Gasteiger partial charge in [0.15, 0.2) is 0 Å². The minimum Gasteiger partial charge on any atom is -0.392 e. The highest BCUT2D eigenvalue weighted by Gasteiger charge is 2.10. The van der Waals surface area contributed by atoms with E-state index >= 15 is 0 Å². The molecule has 0 spiro atoms. The van der Waals surface area contributed by atoms with Gasteiger partial charge in [0, 0.05) is 10.2 Å². The van der Waals surface area contributed by atoms with E-state index in [1.165, 1.54) is 0 Å². The van der Waals surface area contributed by atoms with Gasteiger partial charge in [-0.05, 0) is 35.9 Å². The summed E-state index contributed by atoms with van der Waals surface area (Å²) >= 11 is 9.31. The lowest BCUT2D eigenvalue weighted by Crippen LogP contribution is -2.12. The van der Waals surface area contributed by atoms with Crippen LogP contribution < -0.4 is 5.32 Å². The van der Waals surface area contributed by atoms with Crippen LogP contribution in [0.5, 0.6) is 0 Å². The Morgan fingerprint density at radius 3 is 2.74 bits per heavy atom. The molecule has 0 fully saturated rings. The maximum absolute atomic E-state index is 12.1. The van der Waals surface area contributed by atoms with E-state index in [1.54, 1.807) is 42.5 Å². The average molecular weight is 341 g/mol. The highest BCUT2D eigenvalue weighted by molar-refractivity contribution is 9.10. The zero-order valence-electron chi connectivity index (χ0n) is 9.86. The maximum atomic E-state index is 12.1. The summed E-state index contributed by atoms with van der Waals surface area (Å²) in [5.41, 5.74) is 1.76. The van der Waals surface area contributed by atoms with Crippen molar-refractivity contribution < 1.29 is 9.90 Å². The van der Waals surface area contributed by atoms with Crippen molar-refractivity contribution >= 4 is 39.1 Å². The van der Waals surface area contributed by atoms with Crippen molar-refractivity contribution in [1.29, 1.82) is 0 Å². The largest absolute Gasteiger partial charge is 0.392 e. The maximum Gasteiger partial charge on any atom is 0.257 e. The molecule has 3 nitrogen and oxygen atoms in total. The van der Waals surface area contributed by atoms with Crippen LogP contribution in [-0.4, -0.2) is 11.0 Å². The standard InChI is InChI=1S/C14H11BrClNO2/c15-10-4-5-12(13(16)7-10)14(19)17-11-3-1-2-9(6-11)8-18/h1-7,18H,8H2,(H,17,19). The molecule has 2 aromatic carbocycles. The monoisotopic (exact) mass is 339 g/mol. The smallest absolute Gasteiger partial charge is 0.257 e. The Morgan fingerprint density at radius 1 is 1.26 bits per heavy atom. The normalized spacial score (nSPS) is 10.3. The molecular weight excluding hydrogens is 330 g/mol. The van der Waals surface area contributed by atoms with Crippen LogP contribution in [0.2, 0.25) is 5.02 Å². The van der Waals surface area contributed by atoms with Gasteiger partial charge in [0.05, 0.1) is 17.2 Å². The van der Waals surface area contributed by atoms with Gasteiger partial charge in [-0.25, -0.2) is 0 Å². The number of nitrogens with one attached hydrogen (secondary N) is 1. The Kier molecular flexibility index (Phi) is 4.58. The van der Waals surface area contributed by atoms with Crippen molar-refractivity contribution in [1.82, 2.24) is 0 Å². The number of hydrogen-bond acceptors (Lipinski definition) is 2. The highest BCUT2D eigenvalue weighted by atomic mass is 79.9. The summed E-state index contributed by atoms with van der Waals surface area (Å²) in [6, 6.07) is 12.1. The van der Waals surface area contributed by atoms with Gasteiger partial charge >= 0.3 is 0 Å². The minimum absolute atomic E-state index is 0.0667. The molecule has 19 heavy (non-hydrogen) atoms. The fourth-order valence-electron chi connectivity index (χ4n) is 1.62. The summed E-state index contributed by atoms with van der Waals surface area (Å²) in [4.78, 5) is 12.1. The second-order valence-electron chi connectivity index (χ2n) is 3.94. The molecular formula is C14H11BrClNO2. The molecule has 5 heteroatoms. The predicted molar refractivity (Wildman–Crippen MR) is 79.5 cm³/mol. The summed E-state index contributed by atoms with van der Waals surface area (Å²) in [6.45, 7) is -0.0667. The number of halogens is 2. The van der Waals surface area contributed by atoms with E-state index in [2.05, 4.69) is 21.2 Å². The molecule has 0 radical (unpaired) electrons. The predicted octanol–water partition coefficient (Wildman–Crippen LogP) is 3.85. The molecule has 0 aromatic heterocycles. The lowest BCUT2D eigenvalue weighted by molar-refractivity contribution is 0.102. The molecule has 1 amide bonds. The van der Waals surface area contributed by atoms with Crippen LogP contribution in [0.1, 0.15) is 15.9 Å². The van der Waals surface area contributed by atoms with Crippen molar-refractivity contribution in [3.05, 3.63) is 63.1 Å². The Bertz CT molecular complexity index is 616. The Hall–Kier alpha value is -1.36. The highest BCUT2D eigenvalue weighted by Crippen LogP contribution is 2.22. The van der Waals surface area contributed by atoms with E-state index in [0.29, 0.717) is 16.3 Å². The molecule has 0 heterocycles. The number of rotatable bonds is 3. The van der Waals surface area contributed by atoms with Crippen LogP contribution in [0.15, 0.2) is 46.9 Å². The van der Waals surface area contributed by atoms with Gasteiger partial charge in [0.25, 0.3) is 5.91 Å². The molecule has 0 saturated heterocycles. The molecule has 0 saturated carbocycles. The van der Waals surface area contributed by atoms with Gasteiger partial charge < -0.3 is 10.4 Å². The van der Waals surface area contributed by atoms with Gasteiger partial charge in [0.1, 0.15) is 0 Å². The zero-order chi connectivity index (χ0) is 13.8. The Balaban J connectivity index is 2.20. The van der Waals surface area contributed by atoms with Gasteiger partial charge in [-0.1, -0.05) is 39.7 Å². The first-order valence-corrected chi connectivity index (χ1v) is 6.73. The third-order valence-corrected chi connectivity index (χ3v) is 3.35. The topological polar surface area (TPSA) is 49.3 Å². The average Bonchev–Trinajstić information content (AvgIpc) is 2.38. The fourth-order valence-corrected chi connectivity index (χ4v) is 2.38. The van der Waals surface area contributed by atoms with Gasteiger partial charge in [-0.2, -0.15) is 0 Å². The van der Waals surface area contributed by atoms with Crippen molar-refractivity contribution in [2.24, 2.45) is 0 Å². The summed E-state index contributed by atoms with van der Waals surface area (Å²) < 4.78 is 0.816. The molecule has 0 unspecified atom stereocenters. The van der Waals surface area contributed by atoms with Gasteiger partial charge in [-0.15, -0.1) is 0 Å². The molecule has 0 bridgehead atoms. The number of aliphatic hydroxyl groups excluding tert-OH is 1. The third kappa shape index (κ3) is 3.56. The number of amides is 1. The first kappa shape index (κ1) is 14.1. The van der Waals surface area contributed by atoms with Crippen molar-refractivity contribution in [2.45, 2.75) is 6.61 Å². The number of anilines is 1. The summed E-state index contributed by atoms with van der Waals surface area (Å²) in [5, 5.41) is 12.2. The third-order valence-electron chi connectivity index (χ3n) is 2.54. The lowest BCUT2D eigenvalue weighted by Gasteiger charge is -2.08. The van der Waals surface area contributed by atoms with Crippen molar-refractivity contribution in [3.8, 4) is 0 Å². The minimum atomic E-state index is -0.285. The number of carbonyl (C=O) groups is 1. The van der Waals surface area contributed by atoms with Crippen LogP contribution in [0.4, 0.5) is 5.69 Å². The van der Waals surface area contributed by atoms with Gasteiger partial charge in [-0.3, -0.25) is 4.79 Å². The molecule has 2 rings (SSSR count). The second-order valence-corrected chi connectivity index (χ2v) is 5.26. The van der Waals surface area contributed by atoms with Crippen LogP contribution in [0.3, 0.4) is 0 Å². The summed E-state index contributed by atoms with van der Waals surface area (Å²) in [6.07, 6.45) is 0.